The molecule has 2 rings (SSSR count). The molecule has 0 radical (unpaired) electrons. The molecule has 9 N–H and O–H groups in total. The summed E-state index contributed by atoms with van der Waals surface area (Å²) in [6.45, 7) is 0.635. The fourth-order valence-electron chi connectivity index (χ4n) is 4.25. The van der Waals surface area contributed by atoms with Crippen LogP contribution in [-0.4, -0.2) is 88.9 Å². The van der Waals surface area contributed by atoms with Crippen LogP contribution in [0.15, 0.2) is 35.3 Å². The van der Waals surface area contributed by atoms with Gasteiger partial charge in [0.1, 0.15) is 18.1 Å². The highest BCUT2D eigenvalue weighted by Crippen LogP contribution is 2.20. The summed E-state index contributed by atoms with van der Waals surface area (Å²) in [7, 11) is 0. The average Bonchev–Trinajstić information content (AvgIpc) is 3.38. The predicted molar refractivity (Wildman–Crippen MR) is 147 cm³/mol. The minimum atomic E-state index is -1.19. The zero-order chi connectivity index (χ0) is 28.1. The van der Waals surface area contributed by atoms with E-state index in [1.807, 2.05) is 12.3 Å². The third kappa shape index (κ3) is 9.86. The molecular formula is C25H39N7O5S. The molecule has 0 spiro atoms. The van der Waals surface area contributed by atoms with E-state index in [4.69, 9.17) is 17.2 Å². The molecule has 0 saturated carbocycles. The summed E-state index contributed by atoms with van der Waals surface area (Å²) in [6, 6.07) is 5.22. The molecule has 1 heterocycles. The lowest BCUT2D eigenvalue weighted by Gasteiger charge is -2.28. The van der Waals surface area contributed by atoms with Crippen molar-refractivity contribution in [1.29, 1.82) is 0 Å². The zero-order valence-electron chi connectivity index (χ0n) is 21.7. The standard InChI is InChI=1S/C25H39N7O5S/c1-38-14-11-17(26)23(35)32-13-6-10-20(32)22(34)30-18(9-5-12-29-25(27)28)21(33)31-19(24(36)37)15-16-7-3-2-4-8-16/h2-4,7-8,17-20H,5-6,9-15,26H2,1H3,(H,30,34)(H,31,33)(H,36,37)(H4,27,28,29). The number of carbonyl (C=O) groups is 4. The zero-order valence-corrected chi connectivity index (χ0v) is 22.5. The largest absolute Gasteiger partial charge is 0.480 e. The Morgan fingerprint density at radius 2 is 1.84 bits per heavy atom. The first-order valence-electron chi connectivity index (χ1n) is 12.6. The molecule has 1 fully saturated rings. The van der Waals surface area contributed by atoms with Crippen LogP contribution < -0.4 is 27.8 Å². The van der Waals surface area contributed by atoms with Crippen LogP contribution in [0.25, 0.3) is 0 Å². The lowest BCUT2D eigenvalue weighted by atomic mass is 10.0. The quantitative estimate of drug-likeness (QED) is 0.0937. The summed E-state index contributed by atoms with van der Waals surface area (Å²) < 4.78 is 0. The topological polar surface area (TPSA) is 206 Å². The Morgan fingerprint density at radius 1 is 1.13 bits per heavy atom. The van der Waals surface area contributed by atoms with Crippen LogP contribution in [0.5, 0.6) is 0 Å². The van der Waals surface area contributed by atoms with Gasteiger partial charge in [-0.2, -0.15) is 11.8 Å². The number of aliphatic imine (C=N–C) groups is 1. The SMILES string of the molecule is CSCCC(N)C(=O)N1CCCC1C(=O)NC(CCCN=C(N)N)C(=O)NC(Cc1ccccc1)C(=O)O. The first kappa shape index (κ1) is 30.9. The second kappa shape index (κ2) is 15.8. The van der Waals surface area contributed by atoms with Crippen molar-refractivity contribution in [3.8, 4) is 0 Å². The van der Waals surface area contributed by atoms with Gasteiger partial charge in [0.2, 0.25) is 17.7 Å². The first-order chi connectivity index (χ1) is 18.1. The highest BCUT2D eigenvalue weighted by molar-refractivity contribution is 7.98. The number of thioether (sulfide) groups is 1. The molecule has 1 aromatic carbocycles. The summed E-state index contributed by atoms with van der Waals surface area (Å²) in [4.78, 5) is 56.6. The highest BCUT2D eigenvalue weighted by Gasteiger charge is 2.37. The van der Waals surface area contributed by atoms with Gasteiger partial charge in [-0.25, -0.2) is 4.79 Å². The van der Waals surface area contributed by atoms with Crippen molar-refractivity contribution in [2.75, 3.05) is 25.1 Å². The highest BCUT2D eigenvalue weighted by atomic mass is 32.2. The number of nitrogens with two attached hydrogens (primary N) is 3. The fourth-order valence-corrected chi connectivity index (χ4v) is 4.74. The summed E-state index contributed by atoms with van der Waals surface area (Å²) in [5, 5.41) is 15.0. The summed E-state index contributed by atoms with van der Waals surface area (Å²) in [5.74, 6) is -1.98. The molecule has 38 heavy (non-hydrogen) atoms. The molecule has 210 valence electrons. The minimum Gasteiger partial charge on any atom is -0.480 e. The Bertz CT molecular complexity index is 974. The number of hydrogen-bond donors (Lipinski definition) is 6. The summed E-state index contributed by atoms with van der Waals surface area (Å²) in [5.41, 5.74) is 17.5. The van der Waals surface area contributed by atoms with E-state index in [2.05, 4.69) is 15.6 Å². The van der Waals surface area contributed by atoms with Crippen molar-refractivity contribution in [2.24, 2.45) is 22.2 Å². The predicted octanol–water partition coefficient (Wildman–Crippen LogP) is -0.592. The lowest BCUT2D eigenvalue weighted by Crippen LogP contribution is -2.56. The maximum absolute atomic E-state index is 13.2. The van der Waals surface area contributed by atoms with E-state index in [0.29, 0.717) is 32.2 Å². The van der Waals surface area contributed by atoms with E-state index < -0.39 is 42.0 Å². The molecule has 0 bridgehead atoms. The van der Waals surface area contributed by atoms with Gasteiger partial charge in [-0.05, 0) is 49.7 Å². The van der Waals surface area contributed by atoms with Crippen molar-refractivity contribution in [3.05, 3.63) is 35.9 Å². The molecule has 4 unspecified atom stereocenters. The average molecular weight is 550 g/mol. The second-order valence-corrected chi connectivity index (χ2v) is 10.2. The molecule has 1 aliphatic heterocycles. The number of benzene rings is 1. The Hall–Kier alpha value is -3.32. The Morgan fingerprint density at radius 3 is 2.47 bits per heavy atom. The Labute approximate surface area is 227 Å². The van der Waals surface area contributed by atoms with Gasteiger partial charge in [-0.1, -0.05) is 30.3 Å². The van der Waals surface area contributed by atoms with Crippen LogP contribution >= 0.6 is 11.8 Å². The van der Waals surface area contributed by atoms with Crippen molar-refractivity contribution in [1.82, 2.24) is 15.5 Å². The van der Waals surface area contributed by atoms with Gasteiger partial charge in [0.25, 0.3) is 0 Å². The fraction of sp³-hybridized carbons (Fsp3) is 0.560. The van der Waals surface area contributed by atoms with Gasteiger partial charge < -0.3 is 37.8 Å². The Kier molecular flexibility index (Phi) is 12.9. The molecule has 1 saturated heterocycles. The maximum atomic E-state index is 13.2. The van der Waals surface area contributed by atoms with Crippen LogP contribution in [0, 0.1) is 0 Å². The molecule has 1 aliphatic rings. The van der Waals surface area contributed by atoms with E-state index in [-0.39, 0.29) is 31.3 Å². The van der Waals surface area contributed by atoms with Gasteiger partial charge >= 0.3 is 5.97 Å². The molecule has 0 aliphatic carbocycles. The van der Waals surface area contributed by atoms with Crippen LogP contribution in [0.2, 0.25) is 0 Å². The summed E-state index contributed by atoms with van der Waals surface area (Å²) in [6.07, 6.45) is 4.11. The number of carboxylic acids is 1. The Balaban J connectivity index is 2.12. The first-order valence-corrected chi connectivity index (χ1v) is 14.0. The number of rotatable bonds is 15. The van der Waals surface area contributed by atoms with Crippen LogP contribution in [-0.2, 0) is 25.6 Å². The van der Waals surface area contributed by atoms with E-state index in [1.165, 1.54) is 4.90 Å². The molecule has 3 amide bonds. The van der Waals surface area contributed by atoms with Crippen LogP contribution in [0.4, 0.5) is 0 Å². The summed E-state index contributed by atoms with van der Waals surface area (Å²) >= 11 is 1.59. The van der Waals surface area contributed by atoms with Gasteiger partial charge in [-0.15, -0.1) is 0 Å². The number of carbonyl (C=O) groups excluding carboxylic acids is 3. The molecule has 1 aromatic rings. The van der Waals surface area contributed by atoms with Crippen molar-refractivity contribution >= 4 is 41.4 Å². The molecule has 13 heteroatoms. The number of likely N-dealkylation sites (tertiary alicyclic amines) is 1. The molecule has 12 nitrogen and oxygen atoms in total. The number of aliphatic carboxylic acids is 1. The van der Waals surface area contributed by atoms with E-state index >= 15 is 0 Å². The van der Waals surface area contributed by atoms with Gasteiger partial charge in [0.05, 0.1) is 6.04 Å². The van der Waals surface area contributed by atoms with Gasteiger partial charge in [0, 0.05) is 19.5 Å². The number of guanidine groups is 1. The number of carboxylic acid groups (broad SMARTS) is 1. The minimum absolute atomic E-state index is 0.0788. The van der Waals surface area contributed by atoms with E-state index in [1.54, 1.807) is 36.0 Å². The smallest absolute Gasteiger partial charge is 0.326 e. The van der Waals surface area contributed by atoms with Crippen molar-refractivity contribution in [2.45, 2.75) is 62.7 Å². The maximum Gasteiger partial charge on any atom is 0.326 e. The number of hydrogen-bond acceptors (Lipinski definition) is 7. The lowest BCUT2D eigenvalue weighted by molar-refractivity contribution is -0.143. The number of amides is 3. The number of nitrogens with one attached hydrogen (secondary N) is 2. The number of nitrogens with zero attached hydrogens (tertiary/aromatic N) is 2. The monoisotopic (exact) mass is 549 g/mol. The third-order valence-corrected chi connectivity index (χ3v) is 6.91. The van der Waals surface area contributed by atoms with Crippen molar-refractivity contribution in [3.63, 3.8) is 0 Å². The molecule has 4 atom stereocenters. The molecule has 0 aromatic heterocycles. The van der Waals surface area contributed by atoms with E-state index in [9.17, 15) is 24.3 Å². The van der Waals surface area contributed by atoms with E-state index in [0.717, 1.165) is 11.3 Å². The van der Waals surface area contributed by atoms with Gasteiger partial charge in [-0.3, -0.25) is 19.4 Å². The van der Waals surface area contributed by atoms with Crippen LogP contribution in [0.3, 0.4) is 0 Å². The van der Waals surface area contributed by atoms with Crippen LogP contribution in [0.1, 0.15) is 37.7 Å². The molecular weight excluding hydrogens is 510 g/mol. The van der Waals surface area contributed by atoms with Crippen molar-refractivity contribution < 1.29 is 24.3 Å². The third-order valence-electron chi connectivity index (χ3n) is 6.26. The van der Waals surface area contributed by atoms with Gasteiger partial charge in [0.15, 0.2) is 5.96 Å². The normalized spacial score (nSPS) is 17.2. The second-order valence-electron chi connectivity index (χ2n) is 9.18.